The average Bonchev–Trinajstić information content (AvgIpc) is 2.99. The molecule has 1 saturated heterocycles. The number of ether oxygens (including phenoxy) is 2. The Balaban J connectivity index is 1.67. The predicted octanol–water partition coefficient (Wildman–Crippen LogP) is 4.75. The number of likely N-dealkylation sites (N-methyl/N-ethyl adjacent to an activating group) is 1. The van der Waals surface area contributed by atoms with Crippen LogP contribution >= 0.6 is 11.6 Å². The van der Waals surface area contributed by atoms with Crippen LogP contribution in [0.5, 0.6) is 11.5 Å². The third-order valence-electron chi connectivity index (χ3n) is 7.26. The molecule has 3 aromatic carbocycles. The van der Waals surface area contributed by atoms with E-state index in [1.165, 1.54) is 7.11 Å². The highest BCUT2D eigenvalue weighted by atomic mass is 35.5. The second-order valence-corrected chi connectivity index (χ2v) is 10.3. The van der Waals surface area contributed by atoms with Crippen LogP contribution in [-0.2, 0) is 0 Å². The van der Waals surface area contributed by atoms with Crippen molar-refractivity contribution < 1.29 is 14.3 Å². The zero-order chi connectivity index (χ0) is 29.1. The third kappa shape index (κ3) is 5.79. The van der Waals surface area contributed by atoms with Gasteiger partial charge in [0, 0.05) is 43.0 Å². The number of nitrogens with zero attached hydrogens (tertiary/aromatic N) is 5. The van der Waals surface area contributed by atoms with Crippen LogP contribution in [0.1, 0.15) is 18.8 Å². The Bertz CT molecular complexity index is 1600. The lowest BCUT2D eigenvalue weighted by atomic mass is 10.1. The van der Waals surface area contributed by atoms with E-state index in [9.17, 15) is 9.59 Å². The maximum absolute atomic E-state index is 14.1. The van der Waals surface area contributed by atoms with E-state index in [0.717, 1.165) is 13.1 Å². The summed E-state index contributed by atoms with van der Waals surface area (Å²) in [5.74, 6) is 1.44. The molecule has 1 N–H and O–H groups in total. The summed E-state index contributed by atoms with van der Waals surface area (Å²) in [6, 6.07) is 18.2. The van der Waals surface area contributed by atoms with Crippen LogP contribution in [-0.4, -0.2) is 68.0 Å². The van der Waals surface area contributed by atoms with Crippen molar-refractivity contribution in [2.45, 2.75) is 13.0 Å². The van der Waals surface area contributed by atoms with Gasteiger partial charge in [-0.25, -0.2) is 14.5 Å². The number of amides is 2. The summed E-state index contributed by atoms with van der Waals surface area (Å²) in [6.45, 7) is 4.71. The van der Waals surface area contributed by atoms with E-state index < -0.39 is 12.1 Å². The Labute approximate surface area is 243 Å². The minimum atomic E-state index is -0.693. The first-order valence-electron chi connectivity index (χ1n) is 13.3. The number of benzene rings is 3. The lowest BCUT2D eigenvalue weighted by Crippen LogP contribution is -2.55. The van der Waals surface area contributed by atoms with Crippen LogP contribution < -0.4 is 30.3 Å². The lowest BCUT2D eigenvalue weighted by Gasteiger charge is -2.38. The molecule has 0 aliphatic carbocycles. The molecular weight excluding hydrogens is 544 g/mol. The smallest absolute Gasteiger partial charge is 0.327 e. The molecule has 1 fully saturated rings. The third-order valence-corrected chi connectivity index (χ3v) is 7.52. The molecule has 5 rings (SSSR count). The van der Waals surface area contributed by atoms with Gasteiger partial charge in [0.05, 0.1) is 36.9 Å². The highest BCUT2D eigenvalue weighted by Crippen LogP contribution is 2.37. The quantitative estimate of drug-likeness (QED) is 0.339. The number of fused-ring (bicyclic) bond motifs is 1. The second kappa shape index (κ2) is 12.1. The van der Waals surface area contributed by atoms with Crippen LogP contribution in [0, 0.1) is 0 Å². The first-order chi connectivity index (χ1) is 19.8. The van der Waals surface area contributed by atoms with Gasteiger partial charge in [0.2, 0.25) is 0 Å². The topological polar surface area (TPSA) is 92.2 Å². The molecule has 214 valence electrons. The van der Waals surface area contributed by atoms with Gasteiger partial charge in [-0.2, -0.15) is 0 Å². The van der Waals surface area contributed by atoms with Gasteiger partial charge in [-0.15, -0.1) is 0 Å². The summed E-state index contributed by atoms with van der Waals surface area (Å²) >= 11 is 6.07. The molecule has 2 amide bonds. The molecular formula is C30H33ClN6O4. The molecule has 0 saturated carbocycles. The Morgan fingerprint density at radius 1 is 1.00 bits per heavy atom. The van der Waals surface area contributed by atoms with E-state index in [2.05, 4.69) is 17.3 Å². The zero-order valence-electron chi connectivity index (χ0n) is 23.5. The number of methoxy groups -OCH3 is 2. The van der Waals surface area contributed by atoms with E-state index in [1.54, 1.807) is 65.2 Å². The number of rotatable bonds is 7. The number of piperazine rings is 1. The van der Waals surface area contributed by atoms with Gasteiger partial charge in [-0.3, -0.25) is 9.69 Å². The van der Waals surface area contributed by atoms with Crippen molar-refractivity contribution in [3.05, 3.63) is 87.9 Å². The number of para-hydroxylation sites is 1. The van der Waals surface area contributed by atoms with E-state index in [4.69, 9.17) is 26.1 Å². The largest absolute Gasteiger partial charge is 0.497 e. The van der Waals surface area contributed by atoms with Crippen LogP contribution in [0.25, 0.3) is 10.9 Å². The van der Waals surface area contributed by atoms with Gasteiger partial charge in [0.1, 0.15) is 11.5 Å². The van der Waals surface area contributed by atoms with E-state index in [-0.39, 0.29) is 5.56 Å². The molecule has 0 bridgehead atoms. The van der Waals surface area contributed by atoms with Gasteiger partial charge in [-0.1, -0.05) is 23.7 Å². The second-order valence-electron chi connectivity index (χ2n) is 9.88. The molecule has 41 heavy (non-hydrogen) atoms. The van der Waals surface area contributed by atoms with E-state index >= 15 is 0 Å². The van der Waals surface area contributed by atoms with Crippen molar-refractivity contribution >= 4 is 39.9 Å². The van der Waals surface area contributed by atoms with Crippen molar-refractivity contribution in [1.82, 2.24) is 14.6 Å². The van der Waals surface area contributed by atoms with Gasteiger partial charge < -0.3 is 24.7 Å². The summed E-state index contributed by atoms with van der Waals surface area (Å²) in [5.41, 5.74) is 1.43. The minimum absolute atomic E-state index is 0.179. The van der Waals surface area contributed by atoms with Crippen LogP contribution in [0.2, 0.25) is 5.02 Å². The monoisotopic (exact) mass is 576 g/mol. The Kier molecular flexibility index (Phi) is 8.32. The number of hydrogen-bond donors (Lipinski definition) is 1. The molecule has 11 heteroatoms. The number of carbonyl (C=O) groups is 1. The lowest BCUT2D eigenvalue weighted by molar-refractivity contribution is 0.253. The van der Waals surface area contributed by atoms with Crippen LogP contribution in [0.15, 0.2) is 71.5 Å². The Morgan fingerprint density at radius 2 is 1.71 bits per heavy atom. The summed E-state index contributed by atoms with van der Waals surface area (Å²) in [4.78, 5) is 36.8. The molecule has 1 atom stereocenters. The summed E-state index contributed by atoms with van der Waals surface area (Å²) < 4.78 is 12.7. The van der Waals surface area contributed by atoms with E-state index in [1.807, 2.05) is 30.1 Å². The fraction of sp³-hybridized carbons (Fsp3) is 0.300. The van der Waals surface area contributed by atoms with Crippen molar-refractivity contribution in [3.63, 3.8) is 0 Å². The van der Waals surface area contributed by atoms with Crippen molar-refractivity contribution in [1.29, 1.82) is 0 Å². The number of anilines is 2. The summed E-state index contributed by atoms with van der Waals surface area (Å²) in [5, 5.41) is 6.04. The summed E-state index contributed by atoms with van der Waals surface area (Å²) in [6.07, 6.45) is 0. The fourth-order valence-electron chi connectivity index (χ4n) is 4.99. The standard InChI is InChI=1S/C30H33ClN6O4/c1-20(28-33-25-8-6-5-7-24(25)29(38)37(28)35-17-15-34(2)16-18-35)36(26-14-13-23(40-3)19-27(26)41-4)30(39)32-22-11-9-21(31)10-12-22/h5-14,19-20H,15-18H2,1-4H3,(H,32,39). The maximum atomic E-state index is 14.1. The van der Waals surface area contributed by atoms with Crippen molar-refractivity contribution in [2.75, 3.05) is 62.7 Å². The number of halogens is 1. The molecule has 1 aliphatic rings. The molecule has 2 heterocycles. The van der Waals surface area contributed by atoms with Gasteiger partial charge >= 0.3 is 6.03 Å². The maximum Gasteiger partial charge on any atom is 0.327 e. The number of hydrogen-bond acceptors (Lipinski definition) is 7. The molecule has 4 aromatic rings. The van der Waals surface area contributed by atoms with Gasteiger partial charge in [0.25, 0.3) is 5.56 Å². The average molecular weight is 577 g/mol. The number of carbonyl (C=O) groups excluding carboxylic acids is 1. The molecule has 10 nitrogen and oxygen atoms in total. The van der Waals surface area contributed by atoms with Crippen molar-refractivity contribution in [2.24, 2.45) is 0 Å². The fourth-order valence-corrected chi connectivity index (χ4v) is 5.12. The molecule has 0 spiro atoms. The minimum Gasteiger partial charge on any atom is -0.497 e. The van der Waals surface area contributed by atoms with Crippen LogP contribution in [0.4, 0.5) is 16.2 Å². The Hall–Kier alpha value is -4.28. The highest BCUT2D eigenvalue weighted by molar-refractivity contribution is 6.30. The summed E-state index contributed by atoms with van der Waals surface area (Å²) in [7, 11) is 5.16. The first kappa shape index (κ1) is 28.3. The normalized spacial score (nSPS) is 14.5. The molecule has 1 aliphatic heterocycles. The molecule has 0 radical (unpaired) electrons. The number of nitrogens with one attached hydrogen (secondary N) is 1. The van der Waals surface area contributed by atoms with Crippen molar-refractivity contribution in [3.8, 4) is 11.5 Å². The first-order valence-corrected chi connectivity index (χ1v) is 13.7. The molecule has 1 unspecified atom stereocenters. The van der Waals surface area contributed by atoms with Gasteiger partial charge in [0.15, 0.2) is 5.82 Å². The zero-order valence-corrected chi connectivity index (χ0v) is 24.3. The highest BCUT2D eigenvalue weighted by Gasteiger charge is 2.32. The predicted molar refractivity (Wildman–Crippen MR) is 162 cm³/mol. The Morgan fingerprint density at radius 3 is 2.39 bits per heavy atom. The number of aromatic nitrogens is 2. The molecule has 1 aromatic heterocycles. The van der Waals surface area contributed by atoms with Crippen LogP contribution in [0.3, 0.4) is 0 Å². The van der Waals surface area contributed by atoms with Gasteiger partial charge in [-0.05, 0) is 62.5 Å². The van der Waals surface area contributed by atoms with E-state index in [0.29, 0.717) is 57.7 Å². The number of urea groups is 1. The SMILES string of the molecule is COc1ccc(N(C(=O)Nc2ccc(Cl)cc2)C(C)c2nc3ccccc3c(=O)n2N2CCN(C)CC2)c(OC)c1.